The van der Waals surface area contributed by atoms with Crippen molar-refractivity contribution in [1.82, 2.24) is 5.32 Å². The van der Waals surface area contributed by atoms with E-state index < -0.39 is 5.54 Å². The molecule has 2 amide bonds. The van der Waals surface area contributed by atoms with Gasteiger partial charge in [0.1, 0.15) is 0 Å². The van der Waals surface area contributed by atoms with Crippen LogP contribution in [0.2, 0.25) is 0 Å². The van der Waals surface area contributed by atoms with Crippen molar-refractivity contribution in [2.24, 2.45) is 0 Å². The largest absolute Gasteiger partial charge is 0.351 e. The lowest BCUT2D eigenvalue weighted by atomic mass is 9.87. The first kappa shape index (κ1) is 19.1. The fraction of sp³-hybridized carbons (Fsp3) is 0.391. The van der Waals surface area contributed by atoms with Crippen LogP contribution in [0.25, 0.3) is 0 Å². The molecule has 1 N–H and O–H groups in total. The van der Waals surface area contributed by atoms with Crippen LogP contribution in [0.3, 0.4) is 0 Å². The summed E-state index contributed by atoms with van der Waals surface area (Å²) in [5.41, 5.74) is 0.612. The van der Waals surface area contributed by atoms with E-state index in [9.17, 15) is 9.59 Å². The fourth-order valence-electron chi connectivity index (χ4n) is 4.31. The topological polar surface area (TPSA) is 49.4 Å². The van der Waals surface area contributed by atoms with Crippen molar-refractivity contribution in [3.63, 3.8) is 0 Å². The molecule has 1 aliphatic carbocycles. The zero-order chi connectivity index (χ0) is 19.4. The maximum absolute atomic E-state index is 13.8. The van der Waals surface area contributed by atoms with Gasteiger partial charge in [-0.3, -0.25) is 14.5 Å². The molecule has 1 saturated heterocycles. The van der Waals surface area contributed by atoms with Crippen LogP contribution in [0.4, 0.5) is 5.69 Å². The molecule has 146 valence electrons. The van der Waals surface area contributed by atoms with Crippen molar-refractivity contribution in [2.75, 3.05) is 16.4 Å². The summed E-state index contributed by atoms with van der Waals surface area (Å²) in [6.07, 6.45) is 4.77. The summed E-state index contributed by atoms with van der Waals surface area (Å²) in [5, 5.41) is 3.29. The van der Waals surface area contributed by atoms with Gasteiger partial charge in [-0.05, 0) is 30.5 Å². The van der Waals surface area contributed by atoms with E-state index >= 15 is 0 Å². The van der Waals surface area contributed by atoms with Gasteiger partial charge in [0.25, 0.3) is 5.91 Å². The molecular formula is C23H26N2O2S. The highest BCUT2D eigenvalue weighted by molar-refractivity contribution is 7.99. The first-order chi connectivity index (χ1) is 13.7. The molecule has 0 aromatic heterocycles. The number of thioether (sulfide) groups is 1. The van der Waals surface area contributed by atoms with Crippen LogP contribution >= 0.6 is 11.8 Å². The Kier molecular flexibility index (Phi) is 5.72. The average Bonchev–Trinajstić information content (AvgIpc) is 3.17. The Labute approximate surface area is 170 Å². The van der Waals surface area contributed by atoms with E-state index in [4.69, 9.17) is 0 Å². The minimum absolute atomic E-state index is 0.00150. The molecule has 0 radical (unpaired) electrons. The number of carbonyl (C=O) groups excluding carboxylic acids is 2. The minimum atomic E-state index is -1.04. The first-order valence-corrected chi connectivity index (χ1v) is 11.2. The van der Waals surface area contributed by atoms with Crippen molar-refractivity contribution in [1.29, 1.82) is 0 Å². The molecule has 2 aromatic carbocycles. The van der Waals surface area contributed by atoms with Crippen molar-refractivity contribution < 1.29 is 9.59 Å². The van der Waals surface area contributed by atoms with Crippen LogP contribution in [0.5, 0.6) is 0 Å². The number of carbonyl (C=O) groups is 2. The molecular weight excluding hydrogens is 368 g/mol. The molecule has 1 saturated carbocycles. The normalized spacial score (nSPS) is 23.4. The molecule has 1 heterocycles. The maximum Gasteiger partial charge on any atom is 0.252 e. The summed E-state index contributed by atoms with van der Waals surface area (Å²) >= 11 is 1.68. The lowest BCUT2D eigenvalue weighted by Gasteiger charge is -2.42. The molecule has 2 fully saturated rings. The number of anilines is 1. The Morgan fingerprint density at radius 1 is 1.00 bits per heavy atom. The van der Waals surface area contributed by atoms with E-state index in [1.54, 1.807) is 16.7 Å². The highest BCUT2D eigenvalue weighted by atomic mass is 32.2. The molecule has 1 aliphatic heterocycles. The zero-order valence-corrected chi connectivity index (χ0v) is 16.8. The smallest absolute Gasteiger partial charge is 0.252 e. The third-order valence-electron chi connectivity index (χ3n) is 5.73. The molecule has 4 rings (SSSR count). The first-order valence-electron chi connectivity index (χ1n) is 10.0. The maximum atomic E-state index is 13.8. The molecule has 1 unspecified atom stereocenters. The highest BCUT2D eigenvalue weighted by Gasteiger charge is 2.50. The van der Waals surface area contributed by atoms with Crippen molar-refractivity contribution in [3.8, 4) is 0 Å². The van der Waals surface area contributed by atoms with Gasteiger partial charge in [0.2, 0.25) is 5.91 Å². The number of nitrogens with one attached hydrogen (secondary N) is 1. The summed E-state index contributed by atoms with van der Waals surface area (Å²) in [6.45, 7) is 0. The quantitative estimate of drug-likeness (QED) is 0.849. The van der Waals surface area contributed by atoms with Gasteiger partial charge >= 0.3 is 0 Å². The summed E-state index contributed by atoms with van der Waals surface area (Å²) < 4.78 is 0. The number of para-hydroxylation sites is 1. The Bertz CT molecular complexity index is 821. The molecule has 2 aliphatic rings. The average molecular weight is 395 g/mol. The summed E-state index contributed by atoms with van der Waals surface area (Å²) in [5.74, 6) is 1.22. The lowest BCUT2D eigenvalue weighted by molar-refractivity contribution is -0.130. The van der Waals surface area contributed by atoms with E-state index in [2.05, 4.69) is 5.32 Å². The van der Waals surface area contributed by atoms with E-state index in [1.165, 1.54) is 0 Å². The Hall–Kier alpha value is -2.27. The van der Waals surface area contributed by atoms with Crippen LogP contribution in [0, 0.1) is 0 Å². The predicted octanol–water partition coefficient (Wildman–Crippen LogP) is 4.11. The minimum Gasteiger partial charge on any atom is -0.351 e. The molecule has 0 bridgehead atoms. The monoisotopic (exact) mass is 394 g/mol. The highest BCUT2D eigenvalue weighted by Crippen LogP contribution is 2.40. The van der Waals surface area contributed by atoms with E-state index in [1.807, 2.05) is 60.7 Å². The van der Waals surface area contributed by atoms with Crippen LogP contribution in [0.15, 0.2) is 60.7 Å². The SMILES string of the molecule is O=C1CCSCC(C(=O)NC2CCCC2)(c2ccccc2)N1c1ccccc1. The predicted molar refractivity (Wildman–Crippen MR) is 114 cm³/mol. The number of rotatable bonds is 4. The molecule has 1 atom stereocenters. The van der Waals surface area contributed by atoms with Gasteiger partial charge in [-0.25, -0.2) is 0 Å². The zero-order valence-electron chi connectivity index (χ0n) is 16.0. The van der Waals surface area contributed by atoms with Crippen LogP contribution < -0.4 is 10.2 Å². The number of amides is 2. The van der Waals surface area contributed by atoms with Gasteiger partial charge in [-0.1, -0.05) is 61.4 Å². The molecule has 5 heteroatoms. The van der Waals surface area contributed by atoms with Gasteiger partial charge in [-0.2, -0.15) is 11.8 Å². The Balaban J connectivity index is 1.85. The van der Waals surface area contributed by atoms with E-state index in [-0.39, 0.29) is 17.9 Å². The van der Waals surface area contributed by atoms with Crippen LogP contribution in [0.1, 0.15) is 37.7 Å². The van der Waals surface area contributed by atoms with Crippen molar-refractivity contribution >= 4 is 29.3 Å². The standard InChI is InChI=1S/C23H26N2O2S/c26-21-15-16-28-17-23(18-9-3-1-4-10-18,22(27)24-19-11-7-8-12-19)25(21)20-13-5-2-6-14-20/h1-6,9-10,13-14,19H,7-8,11-12,15-17H2,(H,24,27). The van der Waals surface area contributed by atoms with E-state index in [0.29, 0.717) is 12.2 Å². The van der Waals surface area contributed by atoms with Crippen molar-refractivity contribution in [2.45, 2.75) is 43.7 Å². The second kappa shape index (κ2) is 8.39. The lowest BCUT2D eigenvalue weighted by Crippen LogP contribution is -2.61. The fourth-order valence-corrected chi connectivity index (χ4v) is 5.50. The number of nitrogens with zero attached hydrogens (tertiary/aromatic N) is 1. The molecule has 0 spiro atoms. The third kappa shape index (κ3) is 3.55. The second-order valence-electron chi connectivity index (χ2n) is 7.55. The molecule has 28 heavy (non-hydrogen) atoms. The van der Waals surface area contributed by atoms with Gasteiger partial charge in [0.15, 0.2) is 5.54 Å². The molecule has 4 nitrogen and oxygen atoms in total. The van der Waals surface area contributed by atoms with Crippen LogP contribution in [-0.4, -0.2) is 29.4 Å². The van der Waals surface area contributed by atoms with Gasteiger partial charge in [0.05, 0.1) is 0 Å². The third-order valence-corrected chi connectivity index (χ3v) is 6.85. The van der Waals surface area contributed by atoms with Gasteiger partial charge < -0.3 is 5.32 Å². The second-order valence-corrected chi connectivity index (χ2v) is 8.65. The number of hydrogen-bond acceptors (Lipinski definition) is 3. The van der Waals surface area contributed by atoms with Crippen LogP contribution in [-0.2, 0) is 15.1 Å². The van der Waals surface area contributed by atoms with Gasteiger partial charge in [0, 0.05) is 29.7 Å². The Morgan fingerprint density at radius 3 is 2.32 bits per heavy atom. The van der Waals surface area contributed by atoms with Gasteiger partial charge in [-0.15, -0.1) is 0 Å². The number of benzene rings is 2. The van der Waals surface area contributed by atoms with Crippen molar-refractivity contribution in [3.05, 3.63) is 66.2 Å². The summed E-state index contributed by atoms with van der Waals surface area (Å²) in [4.78, 5) is 28.9. The molecule has 2 aromatic rings. The van der Waals surface area contributed by atoms with E-state index in [0.717, 1.165) is 42.7 Å². The summed E-state index contributed by atoms with van der Waals surface area (Å²) in [7, 11) is 0. The Morgan fingerprint density at radius 2 is 1.64 bits per heavy atom. The number of hydrogen-bond donors (Lipinski definition) is 1. The summed E-state index contributed by atoms with van der Waals surface area (Å²) in [6, 6.07) is 19.6.